The van der Waals surface area contributed by atoms with Gasteiger partial charge in [-0.2, -0.15) is 0 Å². The number of carbonyl (C=O) groups is 1. The van der Waals surface area contributed by atoms with E-state index in [-0.39, 0.29) is 9.77 Å². The number of carboxylic acid groups (broad SMARTS) is 1. The third kappa shape index (κ3) is 3.77. The Morgan fingerprint density at radius 2 is 2.05 bits per heavy atom. The second-order valence-corrected chi connectivity index (χ2v) is 7.72. The maximum absolute atomic E-state index is 12.0. The first-order valence-corrected chi connectivity index (χ1v) is 8.67. The summed E-state index contributed by atoms with van der Waals surface area (Å²) in [5.74, 6) is -0.701. The first kappa shape index (κ1) is 14.5. The van der Waals surface area contributed by atoms with E-state index >= 15 is 0 Å². The van der Waals surface area contributed by atoms with Gasteiger partial charge in [0.2, 0.25) is 10.0 Å². The average Bonchev–Trinajstić information content (AvgIpc) is 2.88. The fourth-order valence-corrected chi connectivity index (χ4v) is 4.57. The number of sulfonamides is 1. The van der Waals surface area contributed by atoms with Crippen LogP contribution in [0, 0.1) is 5.92 Å². The number of thiophene rings is 1. The number of rotatable bonds is 5. The van der Waals surface area contributed by atoms with E-state index < -0.39 is 16.0 Å². The minimum absolute atomic E-state index is 0.0167. The van der Waals surface area contributed by atoms with Crippen LogP contribution in [0.5, 0.6) is 0 Å². The summed E-state index contributed by atoms with van der Waals surface area (Å²) in [6.07, 6.45) is 5.68. The van der Waals surface area contributed by atoms with Crippen LogP contribution in [0.25, 0.3) is 0 Å². The molecule has 0 spiro atoms. The molecule has 1 aliphatic carbocycles. The van der Waals surface area contributed by atoms with Crippen LogP contribution in [-0.2, 0) is 10.0 Å². The predicted octanol–water partition coefficient (Wildman–Crippen LogP) is 2.30. The smallest absolute Gasteiger partial charge is 0.336 e. The van der Waals surface area contributed by atoms with Crippen LogP contribution in [0.1, 0.15) is 42.5 Å². The van der Waals surface area contributed by atoms with Gasteiger partial charge in [-0.05, 0) is 24.8 Å². The molecular formula is C12H17NO4S2. The average molecular weight is 303 g/mol. The molecule has 0 aromatic carbocycles. The number of aromatic carboxylic acids is 1. The van der Waals surface area contributed by atoms with E-state index in [0.717, 1.165) is 37.0 Å². The molecule has 0 aliphatic heterocycles. The van der Waals surface area contributed by atoms with Crippen molar-refractivity contribution in [2.24, 2.45) is 5.92 Å². The first-order chi connectivity index (χ1) is 8.99. The van der Waals surface area contributed by atoms with Gasteiger partial charge in [0.25, 0.3) is 0 Å². The zero-order valence-electron chi connectivity index (χ0n) is 10.5. The van der Waals surface area contributed by atoms with Crippen LogP contribution in [0.15, 0.2) is 15.7 Å². The van der Waals surface area contributed by atoms with Crippen molar-refractivity contribution in [3.63, 3.8) is 0 Å². The summed E-state index contributed by atoms with van der Waals surface area (Å²) in [7, 11) is -3.57. The Hall–Kier alpha value is -0.920. The summed E-state index contributed by atoms with van der Waals surface area (Å²) in [4.78, 5) is 10.7. The van der Waals surface area contributed by atoms with E-state index in [1.807, 2.05) is 0 Å². The fraction of sp³-hybridized carbons (Fsp3) is 0.583. The summed E-state index contributed by atoms with van der Waals surface area (Å²) in [5, 5.41) is 10.1. The monoisotopic (exact) mass is 303 g/mol. The number of carboxylic acids is 1. The SMILES string of the molecule is O=C(O)c1csc(S(=O)(=O)NCC2CCCCC2)c1. The summed E-state index contributed by atoms with van der Waals surface area (Å²) in [6.45, 7) is 0.447. The molecule has 0 radical (unpaired) electrons. The van der Waals surface area contributed by atoms with Gasteiger partial charge in [-0.25, -0.2) is 17.9 Å². The topological polar surface area (TPSA) is 83.5 Å². The molecule has 2 N–H and O–H groups in total. The van der Waals surface area contributed by atoms with Crippen molar-refractivity contribution in [3.8, 4) is 0 Å². The molecule has 0 atom stereocenters. The van der Waals surface area contributed by atoms with E-state index in [0.29, 0.717) is 12.5 Å². The Labute approximate surface area is 116 Å². The van der Waals surface area contributed by atoms with Gasteiger partial charge in [0.05, 0.1) is 5.56 Å². The van der Waals surface area contributed by atoms with Gasteiger partial charge < -0.3 is 5.11 Å². The highest BCUT2D eigenvalue weighted by molar-refractivity contribution is 7.91. The van der Waals surface area contributed by atoms with E-state index in [1.165, 1.54) is 17.9 Å². The van der Waals surface area contributed by atoms with Crippen molar-refractivity contribution < 1.29 is 18.3 Å². The molecule has 7 heteroatoms. The second-order valence-electron chi connectivity index (χ2n) is 4.82. The highest BCUT2D eigenvalue weighted by Gasteiger charge is 2.21. The summed E-state index contributed by atoms with van der Waals surface area (Å²) in [6, 6.07) is 1.20. The largest absolute Gasteiger partial charge is 0.478 e. The Balaban J connectivity index is 1.98. The van der Waals surface area contributed by atoms with Crippen molar-refractivity contribution in [1.29, 1.82) is 0 Å². The van der Waals surface area contributed by atoms with Gasteiger partial charge in [-0.1, -0.05) is 19.3 Å². The molecule has 5 nitrogen and oxygen atoms in total. The minimum atomic E-state index is -3.57. The van der Waals surface area contributed by atoms with E-state index in [1.54, 1.807) is 0 Å². The molecule has 19 heavy (non-hydrogen) atoms. The molecule has 1 saturated carbocycles. The molecule has 1 fully saturated rings. The van der Waals surface area contributed by atoms with Gasteiger partial charge in [-0.15, -0.1) is 11.3 Å². The summed E-state index contributed by atoms with van der Waals surface area (Å²) < 4.78 is 26.7. The maximum atomic E-state index is 12.0. The standard InChI is InChI=1S/C12H17NO4S2/c14-12(15)10-6-11(18-8-10)19(16,17)13-7-9-4-2-1-3-5-9/h6,8-9,13H,1-5,7H2,(H,14,15). The van der Waals surface area contributed by atoms with Crippen LogP contribution < -0.4 is 4.72 Å². The highest BCUT2D eigenvalue weighted by atomic mass is 32.2. The Bertz CT molecular complexity index is 544. The lowest BCUT2D eigenvalue weighted by Gasteiger charge is -2.21. The van der Waals surface area contributed by atoms with Gasteiger partial charge in [-0.3, -0.25) is 0 Å². The molecule has 1 aliphatic rings. The summed E-state index contributed by atoms with van der Waals surface area (Å²) >= 11 is 0.940. The van der Waals surface area contributed by atoms with Crippen molar-refractivity contribution in [1.82, 2.24) is 4.72 Å². The normalized spacial score (nSPS) is 17.5. The molecule has 1 aromatic rings. The van der Waals surface area contributed by atoms with Crippen LogP contribution in [-0.4, -0.2) is 26.0 Å². The zero-order valence-corrected chi connectivity index (χ0v) is 12.1. The predicted molar refractivity (Wildman–Crippen MR) is 73.0 cm³/mol. The summed E-state index contributed by atoms with van der Waals surface area (Å²) in [5.41, 5.74) is 0.0167. The van der Waals surface area contributed by atoms with Crippen molar-refractivity contribution in [3.05, 3.63) is 17.0 Å². The number of hydrogen-bond acceptors (Lipinski definition) is 4. The lowest BCUT2D eigenvalue weighted by atomic mass is 9.90. The quantitative estimate of drug-likeness (QED) is 0.874. The minimum Gasteiger partial charge on any atom is -0.478 e. The van der Waals surface area contributed by atoms with Crippen molar-refractivity contribution in [2.45, 2.75) is 36.3 Å². The highest BCUT2D eigenvalue weighted by Crippen LogP contribution is 2.24. The van der Waals surface area contributed by atoms with Crippen molar-refractivity contribution >= 4 is 27.3 Å². The number of hydrogen-bond donors (Lipinski definition) is 2. The molecule has 2 rings (SSSR count). The molecule has 0 unspecified atom stereocenters. The molecule has 0 bridgehead atoms. The van der Waals surface area contributed by atoms with Crippen LogP contribution in [0.2, 0.25) is 0 Å². The molecule has 0 saturated heterocycles. The maximum Gasteiger partial charge on any atom is 0.336 e. The molecule has 0 amide bonds. The zero-order chi connectivity index (χ0) is 13.9. The third-order valence-electron chi connectivity index (χ3n) is 3.37. The molecule has 106 valence electrons. The Kier molecular flexibility index (Phi) is 4.59. The van der Waals surface area contributed by atoms with E-state index in [2.05, 4.69) is 4.72 Å². The van der Waals surface area contributed by atoms with Crippen LogP contribution >= 0.6 is 11.3 Å². The van der Waals surface area contributed by atoms with Crippen LogP contribution in [0.4, 0.5) is 0 Å². The third-order valence-corrected chi connectivity index (χ3v) is 6.24. The van der Waals surface area contributed by atoms with E-state index in [9.17, 15) is 13.2 Å². The Morgan fingerprint density at radius 1 is 1.37 bits per heavy atom. The Morgan fingerprint density at radius 3 is 2.63 bits per heavy atom. The lowest BCUT2D eigenvalue weighted by molar-refractivity contribution is 0.0697. The van der Waals surface area contributed by atoms with Crippen molar-refractivity contribution in [2.75, 3.05) is 6.54 Å². The van der Waals surface area contributed by atoms with Gasteiger partial charge in [0, 0.05) is 11.9 Å². The molecular weight excluding hydrogens is 286 g/mol. The van der Waals surface area contributed by atoms with Crippen LogP contribution in [0.3, 0.4) is 0 Å². The fourth-order valence-electron chi connectivity index (χ4n) is 2.26. The van der Waals surface area contributed by atoms with Gasteiger partial charge in [0.1, 0.15) is 4.21 Å². The second kappa shape index (κ2) is 6.02. The van der Waals surface area contributed by atoms with E-state index in [4.69, 9.17) is 5.11 Å². The van der Waals surface area contributed by atoms with Gasteiger partial charge >= 0.3 is 5.97 Å². The molecule has 1 aromatic heterocycles. The van der Waals surface area contributed by atoms with Gasteiger partial charge in [0.15, 0.2) is 0 Å². The number of nitrogens with one attached hydrogen (secondary N) is 1. The molecule has 1 heterocycles. The first-order valence-electron chi connectivity index (χ1n) is 6.30. The lowest BCUT2D eigenvalue weighted by Crippen LogP contribution is -2.29.